The summed E-state index contributed by atoms with van der Waals surface area (Å²) in [6, 6.07) is 0.617. The number of ether oxygens (including phenoxy) is 1. The predicted octanol–water partition coefficient (Wildman–Crippen LogP) is 0.897. The Morgan fingerprint density at radius 1 is 1.19 bits per heavy atom. The number of piperidine rings is 1. The molecule has 122 valence electrons. The van der Waals surface area contributed by atoms with Crippen molar-refractivity contribution in [3.8, 4) is 0 Å². The highest BCUT2D eigenvalue weighted by molar-refractivity contribution is 5.73. The van der Waals surface area contributed by atoms with E-state index in [9.17, 15) is 4.79 Å². The van der Waals surface area contributed by atoms with Crippen LogP contribution >= 0.6 is 0 Å². The van der Waals surface area contributed by atoms with Crippen molar-refractivity contribution in [1.29, 1.82) is 0 Å². The van der Waals surface area contributed by atoms with E-state index < -0.39 is 0 Å². The number of piperazine rings is 1. The third-order valence-electron chi connectivity index (χ3n) is 5.01. The maximum absolute atomic E-state index is 11.4. The van der Waals surface area contributed by atoms with Gasteiger partial charge in [0.2, 0.25) is 5.91 Å². The molecule has 2 fully saturated rings. The largest absolute Gasteiger partial charge is 0.383 e. The minimum absolute atomic E-state index is 0.230. The monoisotopic (exact) mass is 297 g/mol. The standard InChI is InChI=1S/C16H31N3O2/c1-14-12-17(8-9-18(14)10-11-21-3)13-16-4-6-19(7-5-16)15(2)20/h14,16H,4-13H2,1-3H3/t14-/m0/s1. The van der Waals surface area contributed by atoms with E-state index in [1.807, 2.05) is 4.90 Å². The van der Waals surface area contributed by atoms with Crippen LogP contribution in [-0.2, 0) is 9.53 Å². The topological polar surface area (TPSA) is 36.0 Å². The molecule has 2 heterocycles. The highest BCUT2D eigenvalue weighted by Gasteiger charge is 2.27. The van der Waals surface area contributed by atoms with Crippen molar-refractivity contribution in [2.75, 3.05) is 59.5 Å². The van der Waals surface area contributed by atoms with Crippen LogP contribution in [0.2, 0.25) is 0 Å². The van der Waals surface area contributed by atoms with Gasteiger partial charge in [0, 0.05) is 65.9 Å². The molecule has 1 amide bonds. The molecular weight excluding hydrogens is 266 g/mol. The average Bonchev–Trinajstić information content (AvgIpc) is 2.47. The van der Waals surface area contributed by atoms with Gasteiger partial charge >= 0.3 is 0 Å². The molecule has 0 saturated carbocycles. The Morgan fingerprint density at radius 3 is 2.48 bits per heavy atom. The van der Waals surface area contributed by atoms with E-state index in [0.717, 1.165) is 58.1 Å². The van der Waals surface area contributed by atoms with Crippen molar-refractivity contribution < 1.29 is 9.53 Å². The lowest BCUT2D eigenvalue weighted by atomic mass is 9.95. The van der Waals surface area contributed by atoms with Crippen LogP contribution in [0.25, 0.3) is 0 Å². The summed E-state index contributed by atoms with van der Waals surface area (Å²) in [5.74, 6) is 0.993. The minimum Gasteiger partial charge on any atom is -0.383 e. The third-order valence-corrected chi connectivity index (χ3v) is 5.01. The Balaban J connectivity index is 1.70. The van der Waals surface area contributed by atoms with E-state index in [1.165, 1.54) is 13.1 Å². The first-order valence-electron chi connectivity index (χ1n) is 8.31. The van der Waals surface area contributed by atoms with Gasteiger partial charge in [0.1, 0.15) is 0 Å². The van der Waals surface area contributed by atoms with Gasteiger partial charge < -0.3 is 14.5 Å². The van der Waals surface area contributed by atoms with Gasteiger partial charge in [0.05, 0.1) is 6.61 Å². The first kappa shape index (κ1) is 16.7. The summed E-state index contributed by atoms with van der Waals surface area (Å²) in [7, 11) is 1.77. The summed E-state index contributed by atoms with van der Waals surface area (Å²) in [5.41, 5.74) is 0. The second-order valence-electron chi connectivity index (χ2n) is 6.59. The van der Waals surface area contributed by atoms with E-state index in [1.54, 1.807) is 14.0 Å². The molecule has 2 aliphatic rings. The fourth-order valence-electron chi connectivity index (χ4n) is 3.57. The Morgan fingerprint density at radius 2 is 1.90 bits per heavy atom. The summed E-state index contributed by atoms with van der Waals surface area (Å²) in [6.07, 6.45) is 2.33. The van der Waals surface area contributed by atoms with Gasteiger partial charge in [-0.25, -0.2) is 0 Å². The Hall–Kier alpha value is -0.650. The van der Waals surface area contributed by atoms with Gasteiger partial charge in [-0.1, -0.05) is 0 Å². The number of carbonyl (C=O) groups is 1. The number of likely N-dealkylation sites (tertiary alicyclic amines) is 1. The molecule has 1 atom stereocenters. The quantitative estimate of drug-likeness (QED) is 0.755. The molecule has 0 aromatic rings. The number of carbonyl (C=O) groups excluding carboxylic acids is 1. The molecule has 21 heavy (non-hydrogen) atoms. The van der Waals surface area contributed by atoms with Crippen LogP contribution in [0.3, 0.4) is 0 Å². The second-order valence-corrected chi connectivity index (χ2v) is 6.59. The number of hydrogen-bond acceptors (Lipinski definition) is 4. The van der Waals surface area contributed by atoms with E-state index in [2.05, 4.69) is 16.7 Å². The number of nitrogens with zero attached hydrogens (tertiary/aromatic N) is 3. The number of rotatable bonds is 5. The maximum atomic E-state index is 11.4. The van der Waals surface area contributed by atoms with Gasteiger partial charge in [-0.3, -0.25) is 9.69 Å². The van der Waals surface area contributed by atoms with Gasteiger partial charge in [-0.2, -0.15) is 0 Å². The molecule has 0 radical (unpaired) electrons. The van der Waals surface area contributed by atoms with Crippen molar-refractivity contribution in [3.63, 3.8) is 0 Å². The lowest BCUT2D eigenvalue weighted by molar-refractivity contribution is -0.130. The maximum Gasteiger partial charge on any atom is 0.219 e. The van der Waals surface area contributed by atoms with Crippen molar-refractivity contribution >= 4 is 5.91 Å². The van der Waals surface area contributed by atoms with Crippen LogP contribution in [0, 0.1) is 5.92 Å². The normalized spacial score (nSPS) is 26.2. The van der Waals surface area contributed by atoms with Crippen LogP contribution in [0.4, 0.5) is 0 Å². The molecule has 2 aliphatic heterocycles. The van der Waals surface area contributed by atoms with Crippen molar-refractivity contribution in [1.82, 2.24) is 14.7 Å². The van der Waals surface area contributed by atoms with Gasteiger partial charge in [-0.05, 0) is 25.7 Å². The van der Waals surface area contributed by atoms with Crippen LogP contribution < -0.4 is 0 Å². The SMILES string of the molecule is COCCN1CCN(CC2CCN(C(C)=O)CC2)C[C@@H]1C. The Labute approximate surface area is 129 Å². The van der Waals surface area contributed by atoms with E-state index >= 15 is 0 Å². The molecule has 0 bridgehead atoms. The summed E-state index contributed by atoms with van der Waals surface area (Å²) < 4.78 is 5.18. The highest BCUT2D eigenvalue weighted by atomic mass is 16.5. The first-order valence-corrected chi connectivity index (χ1v) is 8.31. The summed E-state index contributed by atoms with van der Waals surface area (Å²) >= 11 is 0. The van der Waals surface area contributed by atoms with E-state index in [0.29, 0.717) is 6.04 Å². The zero-order chi connectivity index (χ0) is 15.2. The third kappa shape index (κ3) is 4.94. The number of amides is 1. The second kappa shape index (κ2) is 8.11. The Kier molecular flexibility index (Phi) is 6.45. The summed E-state index contributed by atoms with van der Waals surface area (Å²) in [6.45, 7) is 12.5. The van der Waals surface area contributed by atoms with Crippen molar-refractivity contribution in [2.24, 2.45) is 5.92 Å². The molecule has 2 saturated heterocycles. The van der Waals surface area contributed by atoms with Crippen molar-refractivity contribution in [3.05, 3.63) is 0 Å². The summed E-state index contributed by atoms with van der Waals surface area (Å²) in [5, 5.41) is 0. The molecular formula is C16H31N3O2. The number of hydrogen-bond donors (Lipinski definition) is 0. The molecule has 0 aliphatic carbocycles. The lowest BCUT2D eigenvalue weighted by Gasteiger charge is -2.42. The van der Waals surface area contributed by atoms with Crippen LogP contribution in [0.5, 0.6) is 0 Å². The molecule has 0 unspecified atom stereocenters. The molecule has 0 N–H and O–H groups in total. The first-order chi connectivity index (χ1) is 10.1. The summed E-state index contributed by atoms with van der Waals surface area (Å²) in [4.78, 5) is 18.5. The van der Waals surface area contributed by atoms with Crippen LogP contribution in [0.15, 0.2) is 0 Å². The predicted molar refractivity (Wildman–Crippen MR) is 84.3 cm³/mol. The molecule has 5 nitrogen and oxygen atoms in total. The molecule has 5 heteroatoms. The molecule has 0 aromatic heterocycles. The fourth-order valence-corrected chi connectivity index (χ4v) is 3.57. The van der Waals surface area contributed by atoms with Gasteiger partial charge in [-0.15, -0.1) is 0 Å². The van der Waals surface area contributed by atoms with Crippen molar-refractivity contribution in [2.45, 2.75) is 32.7 Å². The van der Waals surface area contributed by atoms with Gasteiger partial charge in [0.15, 0.2) is 0 Å². The zero-order valence-electron chi connectivity index (χ0n) is 13.9. The molecule has 2 rings (SSSR count). The smallest absolute Gasteiger partial charge is 0.219 e. The minimum atomic E-state index is 0.230. The zero-order valence-corrected chi connectivity index (χ0v) is 13.9. The fraction of sp³-hybridized carbons (Fsp3) is 0.938. The molecule has 0 spiro atoms. The van der Waals surface area contributed by atoms with E-state index in [4.69, 9.17) is 4.74 Å². The average molecular weight is 297 g/mol. The molecule has 0 aromatic carbocycles. The van der Waals surface area contributed by atoms with Crippen LogP contribution in [0.1, 0.15) is 26.7 Å². The van der Waals surface area contributed by atoms with Gasteiger partial charge in [0.25, 0.3) is 0 Å². The lowest BCUT2D eigenvalue weighted by Crippen LogP contribution is -2.54. The van der Waals surface area contributed by atoms with Crippen LogP contribution in [-0.4, -0.2) is 86.2 Å². The number of methoxy groups -OCH3 is 1. The van der Waals surface area contributed by atoms with E-state index in [-0.39, 0.29) is 5.91 Å². The Bertz CT molecular complexity index is 329. The highest BCUT2D eigenvalue weighted by Crippen LogP contribution is 2.20.